The summed E-state index contributed by atoms with van der Waals surface area (Å²) < 4.78 is 69.8. The van der Waals surface area contributed by atoms with Crippen molar-refractivity contribution in [1.29, 1.82) is 0 Å². The first-order valence-corrected chi connectivity index (χ1v) is 13.4. The van der Waals surface area contributed by atoms with E-state index in [1.54, 1.807) is 13.0 Å². The quantitative estimate of drug-likeness (QED) is 0.355. The Morgan fingerprint density at radius 2 is 2.00 bits per heavy atom. The van der Waals surface area contributed by atoms with Gasteiger partial charge in [-0.05, 0) is 50.8 Å². The molecular formula is C20H25F3N6O4S2. The second-order valence-corrected chi connectivity index (χ2v) is 10.3. The smallest absolute Gasteiger partial charge is 0.404 e. The number of aromatic nitrogens is 2. The van der Waals surface area contributed by atoms with Gasteiger partial charge in [-0.2, -0.15) is 13.2 Å². The third-order valence-corrected chi connectivity index (χ3v) is 7.26. The molecular weight excluding hydrogens is 509 g/mol. The molecule has 192 valence electrons. The van der Waals surface area contributed by atoms with E-state index in [0.717, 1.165) is 35.4 Å². The molecule has 0 spiro atoms. The van der Waals surface area contributed by atoms with Crippen LogP contribution in [0.15, 0.2) is 22.4 Å². The molecule has 1 unspecified atom stereocenters. The van der Waals surface area contributed by atoms with Crippen LogP contribution in [0.25, 0.3) is 0 Å². The number of aryl methyl sites for hydroxylation is 1. The second-order valence-electron chi connectivity index (χ2n) is 7.67. The molecule has 10 nitrogen and oxygen atoms in total. The number of hydrogen-bond acceptors (Lipinski definition) is 10. The average molecular weight is 535 g/mol. The third kappa shape index (κ3) is 6.87. The second kappa shape index (κ2) is 10.8. The number of benzene rings is 1. The number of carbonyl (C=O) groups is 1. The van der Waals surface area contributed by atoms with Crippen molar-refractivity contribution in [3.63, 3.8) is 0 Å². The van der Waals surface area contributed by atoms with Gasteiger partial charge in [0, 0.05) is 18.3 Å². The van der Waals surface area contributed by atoms with E-state index in [1.807, 2.05) is 18.6 Å². The Balaban J connectivity index is 2.01. The number of rotatable bonds is 9. The predicted octanol–water partition coefficient (Wildman–Crippen LogP) is 4.99. The molecule has 1 aromatic carbocycles. The Bertz CT molecular complexity index is 1200. The van der Waals surface area contributed by atoms with Gasteiger partial charge in [-0.3, -0.25) is 4.72 Å². The van der Waals surface area contributed by atoms with Gasteiger partial charge in [0.15, 0.2) is 5.75 Å². The number of alkyl halides is 3. The fourth-order valence-corrected chi connectivity index (χ4v) is 5.39. The molecule has 1 aliphatic rings. The molecule has 1 aliphatic heterocycles. The van der Waals surface area contributed by atoms with Crippen LogP contribution in [0.3, 0.4) is 0 Å². The molecule has 35 heavy (non-hydrogen) atoms. The Morgan fingerprint density at radius 1 is 1.26 bits per heavy atom. The summed E-state index contributed by atoms with van der Waals surface area (Å²) in [4.78, 5) is 13.9. The summed E-state index contributed by atoms with van der Waals surface area (Å²) in [5.41, 5.74) is 1.49. The fourth-order valence-electron chi connectivity index (χ4n) is 3.83. The van der Waals surface area contributed by atoms with Crippen LogP contribution in [0.5, 0.6) is 0 Å². The first kappa shape index (κ1) is 26.8. The van der Waals surface area contributed by atoms with Crippen LogP contribution in [0.1, 0.15) is 49.0 Å². The molecule has 0 fully saturated rings. The highest BCUT2D eigenvalue weighted by atomic mass is 32.2. The van der Waals surface area contributed by atoms with Crippen molar-refractivity contribution in [2.24, 2.45) is 10.2 Å². The van der Waals surface area contributed by atoms with Gasteiger partial charge in [0.25, 0.3) is 5.13 Å². The van der Waals surface area contributed by atoms with Gasteiger partial charge in [0.05, 0.1) is 12.3 Å². The topological polar surface area (TPSA) is 126 Å². The van der Waals surface area contributed by atoms with Gasteiger partial charge < -0.3 is 9.64 Å². The van der Waals surface area contributed by atoms with Crippen molar-refractivity contribution >= 4 is 49.5 Å². The number of esters is 1. The van der Waals surface area contributed by atoms with Gasteiger partial charge in [-0.25, -0.2) is 13.2 Å². The first-order chi connectivity index (χ1) is 16.5. The number of halogens is 3. The van der Waals surface area contributed by atoms with Crippen molar-refractivity contribution in [2.75, 3.05) is 28.5 Å². The highest BCUT2D eigenvalue weighted by molar-refractivity contribution is 7.92. The van der Waals surface area contributed by atoms with E-state index in [4.69, 9.17) is 4.74 Å². The SMILES string of the molecule is CCOC(=O)c1nnc(N=Nc2cc3c(cc2NS(=O)(=O)CC(F)(F)F)N(CC)C(CC)CC3)s1. The zero-order valence-electron chi connectivity index (χ0n) is 19.3. The maximum absolute atomic E-state index is 12.8. The van der Waals surface area contributed by atoms with Crippen molar-refractivity contribution in [3.05, 3.63) is 22.7 Å². The Morgan fingerprint density at radius 3 is 2.63 bits per heavy atom. The first-order valence-electron chi connectivity index (χ1n) is 10.9. The lowest BCUT2D eigenvalue weighted by Crippen LogP contribution is -2.38. The molecule has 0 aliphatic carbocycles. The molecule has 0 amide bonds. The lowest BCUT2D eigenvalue weighted by Gasteiger charge is -2.38. The lowest BCUT2D eigenvalue weighted by atomic mass is 9.93. The third-order valence-electron chi connectivity index (χ3n) is 5.23. The van der Waals surface area contributed by atoms with Crippen LogP contribution in [0.4, 0.5) is 35.4 Å². The number of carbonyl (C=O) groups excluding carboxylic acids is 1. The fraction of sp³-hybridized carbons (Fsp3) is 0.550. The average Bonchev–Trinajstić information content (AvgIpc) is 3.24. The maximum Gasteiger partial charge on any atom is 0.404 e. The van der Waals surface area contributed by atoms with Crippen molar-refractivity contribution in [1.82, 2.24) is 10.2 Å². The monoisotopic (exact) mass is 534 g/mol. The standard InChI is InChI=1S/C20H25F3N6O4S2/c1-4-13-8-7-12-9-14(24-26-19-27-25-17(34-19)18(30)33-6-3)15(10-16(12)29(13)5-2)28-35(31,32)11-20(21,22)23/h9-10,13,28H,4-8,11H2,1-3H3. The van der Waals surface area contributed by atoms with Crippen LogP contribution in [-0.4, -0.2) is 55.7 Å². The molecule has 3 rings (SSSR count). The molecule has 0 saturated carbocycles. The van der Waals surface area contributed by atoms with E-state index in [1.165, 1.54) is 6.07 Å². The summed E-state index contributed by atoms with van der Waals surface area (Å²) >= 11 is 0.810. The maximum atomic E-state index is 12.8. The van der Waals surface area contributed by atoms with Crippen LogP contribution in [0.2, 0.25) is 0 Å². The van der Waals surface area contributed by atoms with Crippen molar-refractivity contribution < 1.29 is 31.1 Å². The number of sulfonamides is 1. The molecule has 0 bridgehead atoms. The zero-order valence-corrected chi connectivity index (χ0v) is 20.9. The molecule has 2 aromatic rings. The summed E-state index contributed by atoms with van der Waals surface area (Å²) in [5, 5.41) is 15.3. The van der Waals surface area contributed by atoms with Crippen LogP contribution in [0, 0.1) is 0 Å². The zero-order chi connectivity index (χ0) is 25.8. The van der Waals surface area contributed by atoms with E-state index in [0.29, 0.717) is 13.0 Å². The van der Waals surface area contributed by atoms with E-state index in [-0.39, 0.29) is 34.2 Å². The minimum atomic E-state index is -4.92. The summed E-state index contributed by atoms with van der Waals surface area (Å²) in [6.07, 6.45) is -2.50. The van der Waals surface area contributed by atoms with Gasteiger partial charge in [-0.15, -0.1) is 20.4 Å². The summed E-state index contributed by atoms with van der Waals surface area (Å²) in [6.45, 7) is 6.43. The number of fused-ring (bicyclic) bond motifs is 1. The molecule has 15 heteroatoms. The van der Waals surface area contributed by atoms with E-state index >= 15 is 0 Å². The van der Waals surface area contributed by atoms with Crippen LogP contribution in [-0.2, 0) is 21.2 Å². The largest absolute Gasteiger partial charge is 0.461 e. The Hall–Kier alpha value is -2.81. The van der Waals surface area contributed by atoms with E-state index in [9.17, 15) is 26.4 Å². The number of nitrogens with zero attached hydrogens (tertiary/aromatic N) is 5. The lowest BCUT2D eigenvalue weighted by molar-refractivity contribution is -0.106. The van der Waals surface area contributed by atoms with Crippen molar-refractivity contribution in [3.8, 4) is 0 Å². The van der Waals surface area contributed by atoms with Crippen LogP contribution < -0.4 is 9.62 Å². The van der Waals surface area contributed by atoms with Gasteiger partial charge in [0.1, 0.15) is 5.69 Å². The summed E-state index contributed by atoms with van der Waals surface area (Å²) in [6, 6.07) is 3.32. The number of ether oxygens (including phenoxy) is 1. The van der Waals surface area contributed by atoms with E-state index < -0.39 is 27.9 Å². The number of nitrogens with one attached hydrogen (secondary N) is 1. The molecule has 1 aromatic heterocycles. The predicted molar refractivity (Wildman–Crippen MR) is 125 cm³/mol. The van der Waals surface area contributed by atoms with Crippen LogP contribution >= 0.6 is 11.3 Å². The molecule has 1 N–H and O–H groups in total. The molecule has 0 saturated heterocycles. The number of anilines is 2. The van der Waals surface area contributed by atoms with Gasteiger partial charge >= 0.3 is 12.1 Å². The van der Waals surface area contributed by atoms with Crippen molar-refractivity contribution in [2.45, 2.75) is 52.3 Å². The Labute approximate surface area is 204 Å². The molecule has 2 heterocycles. The Kier molecular flexibility index (Phi) is 8.30. The minimum absolute atomic E-state index is 0.00361. The highest BCUT2D eigenvalue weighted by Crippen LogP contribution is 2.40. The normalized spacial score (nSPS) is 16.4. The van der Waals surface area contributed by atoms with Gasteiger partial charge in [0.2, 0.25) is 15.0 Å². The molecule has 0 radical (unpaired) electrons. The summed E-state index contributed by atoms with van der Waals surface area (Å²) in [5.74, 6) is -2.71. The number of hydrogen-bond donors (Lipinski definition) is 1. The summed E-state index contributed by atoms with van der Waals surface area (Å²) in [7, 11) is -4.76. The van der Waals surface area contributed by atoms with E-state index in [2.05, 4.69) is 25.3 Å². The molecule has 1 atom stereocenters. The highest BCUT2D eigenvalue weighted by Gasteiger charge is 2.36. The minimum Gasteiger partial charge on any atom is -0.461 e. The van der Waals surface area contributed by atoms with Gasteiger partial charge in [-0.1, -0.05) is 18.3 Å². The number of azo groups is 1.